The van der Waals surface area contributed by atoms with Gasteiger partial charge in [0.05, 0.1) is 0 Å². The zero-order valence-electron chi connectivity index (χ0n) is 14.4. The zero-order chi connectivity index (χ0) is 18.1. The van der Waals surface area contributed by atoms with E-state index < -0.39 is 0 Å². The fourth-order valence-corrected chi connectivity index (χ4v) is 3.20. The number of halogens is 1. The molecule has 0 saturated carbocycles. The van der Waals surface area contributed by atoms with Gasteiger partial charge in [0.2, 0.25) is 5.82 Å². The van der Waals surface area contributed by atoms with Crippen molar-refractivity contribution in [2.45, 2.75) is 13.3 Å². The van der Waals surface area contributed by atoms with Crippen LogP contribution in [0.25, 0.3) is 5.78 Å². The summed E-state index contributed by atoms with van der Waals surface area (Å²) in [5.74, 6) is 0.344. The fourth-order valence-electron chi connectivity index (χ4n) is 3.20. The van der Waals surface area contributed by atoms with Crippen molar-refractivity contribution in [2.75, 3.05) is 24.5 Å². The van der Waals surface area contributed by atoms with Crippen molar-refractivity contribution < 1.29 is 9.18 Å². The minimum atomic E-state index is -0.296. The summed E-state index contributed by atoms with van der Waals surface area (Å²) in [6, 6.07) is 8.31. The van der Waals surface area contributed by atoms with Crippen LogP contribution in [0, 0.1) is 18.7 Å². The predicted octanol–water partition coefficient (Wildman–Crippen LogP) is 1.83. The van der Waals surface area contributed by atoms with Gasteiger partial charge in [0.15, 0.2) is 0 Å². The first-order valence-corrected chi connectivity index (χ1v) is 8.57. The molecule has 1 N–H and O–H groups in total. The number of benzene rings is 1. The van der Waals surface area contributed by atoms with Crippen LogP contribution in [0.15, 0.2) is 36.5 Å². The Morgan fingerprint density at radius 1 is 1.31 bits per heavy atom. The molecule has 0 bridgehead atoms. The molecule has 1 amide bonds. The Morgan fingerprint density at radius 2 is 2.12 bits per heavy atom. The number of carbonyl (C=O) groups excluding carboxylic acids is 1. The number of hydrogen-bond acceptors (Lipinski definition) is 5. The number of nitrogens with zero attached hydrogens (tertiary/aromatic N) is 5. The van der Waals surface area contributed by atoms with Crippen molar-refractivity contribution in [3.63, 3.8) is 0 Å². The van der Waals surface area contributed by atoms with Crippen molar-refractivity contribution in [2.24, 2.45) is 5.92 Å². The number of anilines is 1. The summed E-state index contributed by atoms with van der Waals surface area (Å²) in [5.41, 5.74) is 1.87. The van der Waals surface area contributed by atoms with E-state index in [0.717, 1.165) is 30.9 Å². The van der Waals surface area contributed by atoms with Gasteiger partial charge in [0.25, 0.3) is 11.7 Å². The van der Waals surface area contributed by atoms with Gasteiger partial charge in [-0.3, -0.25) is 4.79 Å². The molecule has 2 aromatic heterocycles. The van der Waals surface area contributed by atoms with Gasteiger partial charge in [-0.1, -0.05) is 0 Å². The SMILES string of the molecule is Cc1ccnc2nc(C(=O)NCC3CCN(c4ccc(F)cc4)C3)nn12. The number of carbonyl (C=O) groups is 1. The molecule has 26 heavy (non-hydrogen) atoms. The van der Waals surface area contributed by atoms with E-state index in [9.17, 15) is 9.18 Å². The minimum absolute atomic E-state index is 0.125. The normalized spacial score (nSPS) is 17.0. The van der Waals surface area contributed by atoms with Crippen LogP contribution in [-0.4, -0.2) is 45.1 Å². The summed E-state index contributed by atoms with van der Waals surface area (Å²) in [6.45, 7) is 4.15. The first-order chi connectivity index (χ1) is 12.6. The van der Waals surface area contributed by atoms with Crippen molar-refractivity contribution in [1.29, 1.82) is 0 Å². The third-order valence-electron chi connectivity index (χ3n) is 4.66. The lowest BCUT2D eigenvalue weighted by Crippen LogP contribution is -2.31. The maximum Gasteiger partial charge on any atom is 0.291 e. The van der Waals surface area contributed by atoms with E-state index in [0.29, 0.717) is 18.2 Å². The molecule has 4 rings (SSSR count). The third-order valence-corrected chi connectivity index (χ3v) is 4.66. The van der Waals surface area contributed by atoms with Crippen LogP contribution in [0.4, 0.5) is 10.1 Å². The number of hydrogen-bond donors (Lipinski definition) is 1. The van der Waals surface area contributed by atoms with E-state index in [1.807, 2.05) is 13.0 Å². The molecule has 1 aromatic carbocycles. The lowest BCUT2D eigenvalue weighted by atomic mass is 10.1. The average molecular weight is 354 g/mol. The summed E-state index contributed by atoms with van der Waals surface area (Å²) in [4.78, 5) is 22.8. The summed E-state index contributed by atoms with van der Waals surface area (Å²) < 4.78 is 14.6. The van der Waals surface area contributed by atoms with E-state index in [1.54, 1.807) is 22.8 Å². The Balaban J connectivity index is 1.36. The molecule has 0 spiro atoms. The molecular weight excluding hydrogens is 335 g/mol. The van der Waals surface area contributed by atoms with Gasteiger partial charge in [-0.25, -0.2) is 13.9 Å². The first kappa shape index (κ1) is 16.4. The average Bonchev–Trinajstić information content (AvgIpc) is 3.28. The summed E-state index contributed by atoms with van der Waals surface area (Å²) >= 11 is 0. The smallest absolute Gasteiger partial charge is 0.291 e. The molecule has 8 heteroatoms. The van der Waals surface area contributed by atoms with Crippen LogP contribution >= 0.6 is 0 Å². The van der Waals surface area contributed by atoms with E-state index in [-0.39, 0.29) is 17.5 Å². The lowest BCUT2D eigenvalue weighted by molar-refractivity contribution is 0.0938. The van der Waals surface area contributed by atoms with Crippen molar-refractivity contribution in [3.8, 4) is 0 Å². The molecule has 134 valence electrons. The second kappa shape index (κ2) is 6.70. The molecule has 3 aromatic rings. The highest BCUT2D eigenvalue weighted by molar-refractivity contribution is 5.90. The van der Waals surface area contributed by atoms with E-state index >= 15 is 0 Å². The highest BCUT2D eigenvalue weighted by Gasteiger charge is 2.24. The van der Waals surface area contributed by atoms with Crippen molar-refractivity contribution in [1.82, 2.24) is 24.9 Å². The quantitative estimate of drug-likeness (QED) is 0.774. The van der Waals surface area contributed by atoms with Gasteiger partial charge in [-0.2, -0.15) is 4.98 Å². The van der Waals surface area contributed by atoms with Crippen LogP contribution in [0.1, 0.15) is 22.7 Å². The largest absolute Gasteiger partial charge is 0.371 e. The lowest BCUT2D eigenvalue weighted by Gasteiger charge is -2.18. The standard InChI is InChI=1S/C18H19FN6O/c1-12-6-8-20-18-22-16(23-25(12)18)17(26)21-10-13-7-9-24(11-13)15-4-2-14(19)3-5-15/h2-6,8,13H,7,9-11H2,1H3,(H,21,26). The minimum Gasteiger partial charge on any atom is -0.371 e. The molecule has 0 radical (unpaired) electrons. The van der Waals surface area contributed by atoms with Crippen LogP contribution in [0.5, 0.6) is 0 Å². The van der Waals surface area contributed by atoms with Gasteiger partial charge < -0.3 is 10.2 Å². The van der Waals surface area contributed by atoms with E-state index in [4.69, 9.17) is 0 Å². The molecular formula is C18H19FN6O. The predicted molar refractivity (Wildman–Crippen MR) is 94.6 cm³/mol. The molecule has 1 aliphatic rings. The maximum absolute atomic E-state index is 13.0. The highest BCUT2D eigenvalue weighted by Crippen LogP contribution is 2.23. The van der Waals surface area contributed by atoms with Crippen LogP contribution in [-0.2, 0) is 0 Å². The molecule has 1 saturated heterocycles. The Labute approximate surface area is 149 Å². The summed E-state index contributed by atoms with van der Waals surface area (Å²) in [7, 11) is 0. The van der Waals surface area contributed by atoms with Gasteiger partial charge in [-0.05, 0) is 49.6 Å². The maximum atomic E-state index is 13.0. The van der Waals surface area contributed by atoms with Gasteiger partial charge in [-0.15, -0.1) is 5.10 Å². The van der Waals surface area contributed by atoms with Crippen LogP contribution in [0.2, 0.25) is 0 Å². The van der Waals surface area contributed by atoms with Gasteiger partial charge in [0.1, 0.15) is 5.82 Å². The van der Waals surface area contributed by atoms with Gasteiger partial charge >= 0.3 is 0 Å². The molecule has 0 aliphatic carbocycles. The topological polar surface area (TPSA) is 75.4 Å². The second-order valence-electron chi connectivity index (χ2n) is 6.52. The number of rotatable bonds is 4. The number of aromatic nitrogens is 4. The van der Waals surface area contributed by atoms with Crippen LogP contribution < -0.4 is 10.2 Å². The Bertz CT molecular complexity index is 939. The van der Waals surface area contributed by atoms with Crippen molar-refractivity contribution >= 4 is 17.4 Å². The molecule has 7 nitrogen and oxygen atoms in total. The Hall–Kier alpha value is -3.03. The first-order valence-electron chi connectivity index (χ1n) is 8.57. The zero-order valence-corrected chi connectivity index (χ0v) is 14.4. The Kier molecular flexibility index (Phi) is 4.24. The summed E-state index contributed by atoms with van der Waals surface area (Å²) in [6.07, 6.45) is 2.61. The molecule has 1 atom stereocenters. The highest BCUT2D eigenvalue weighted by atomic mass is 19.1. The summed E-state index contributed by atoms with van der Waals surface area (Å²) in [5, 5.41) is 7.12. The molecule has 1 aliphatic heterocycles. The number of aryl methyl sites for hydroxylation is 1. The second-order valence-corrected chi connectivity index (χ2v) is 6.52. The fraction of sp³-hybridized carbons (Fsp3) is 0.333. The van der Waals surface area contributed by atoms with Crippen molar-refractivity contribution in [3.05, 3.63) is 53.9 Å². The number of amides is 1. The van der Waals surface area contributed by atoms with Crippen LogP contribution in [0.3, 0.4) is 0 Å². The van der Waals surface area contributed by atoms with E-state index in [2.05, 4.69) is 25.3 Å². The number of nitrogens with one attached hydrogen (secondary N) is 1. The van der Waals surface area contributed by atoms with E-state index in [1.165, 1.54) is 12.1 Å². The molecule has 1 fully saturated rings. The number of fused-ring (bicyclic) bond motifs is 1. The van der Waals surface area contributed by atoms with Gasteiger partial charge in [0, 0.05) is 37.2 Å². The molecule has 1 unspecified atom stereocenters. The molecule has 3 heterocycles. The third kappa shape index (κ3) is 3.22. The monoisotopic (exact) mass is 354 g/mol. The Morgan fingerprint density at radius 3 is 2.88 bits per heavy atom.